The van der Waals surface area contributed by atoms with Gasteiger partial charge in [0.05, 0.1) is 36.9 Å². The molecular weight excluding hydrogens is 500 g/mol. The molecular formula is C27H34O11. The number of cyclic esters (lactones) is 2. The Balaban J connectivity index is 1.39. The molecule has 2 aliphatic carbocycles. The standard InChI is InChI=1S/C27H34O11/c1-14-8-9-33-18(29)6-4-5-7-19(30)36-16-10-17-27(13-35-27)25(16,3)26(12-34-23(32)20(14)31)11-15(28)24(2)21(38-24)22(26)37-17/h4-7,14-17,20-22,28,31H,8-13H2,1-3H3/b6-4-,7-5-/t14-,15+,16-,17-,20-,21-,22+,24-,25+,26+,27-/m1/s1. The minimum atomic E-state index is -1.45. The summed E-state index contributed by atoms with van der Waals surface area (Å²) < 4.78 is 35.5. The van der Waals surface area contributed by atoms with Gasteiger partial charge >= 0.3 is 17.9 Å². The van der Waals surface area contributed by atoms with Crippen LogP contribution in [-0.4, -0.2) is 95.8 Å². The minimum Gasteiger partial charge on any atom is -0.463 e. The van der Waals surface area contributed by atoms with E-state index in [1.165, 1.54) is 24.3 Å². The Morgan fingerprint density at radius 3 is 2.37 bits per heavy atom. The van der Waals surface area contributed by atoms with E-state index in [0.29, 0.717) is 13.0 Å². The van der Waals surface area contributed by atoms with Gasteiger partial charge in [-0.05, 0) is 25.7 Å². The third-order valence-corrected chi connectivity index (χ3v) is 10.1. The van der Waals surface area contributed by atoms with E-state index in [9.17, 15) is 24.6 Å². The fraction of sp³-hybridized carbons (Fsp3) is 0.741. The molecule has 2 N–H and O–H groups in total. The molecule has 6 rings (SSSR count). The second-order valence-electron chi connectivity index (χ2n) is 11.9. The van der Waals surface area contributed by atoms with Crippen LogP contribution in [0, 0.1) is 16.7 Å². The molecule has 2 saturated carbocycles. The molecule has 4 aliphatic heterocycles. The lowest BCUT2D eigenvalue weighted by Gasteiger charge is -2.59. The molecule has 4 heterocycles. The zero-order chi connectivity index (χ0) is 27.1. The molecule has 0 aromatic rings. The van der Waals surface area contributed by atoms with Gasteiger partial charge < -0.3 is 38.6 Å². The highest BCUT2D eigenvalue weighted by Crippen LogP contribution is 2.75. The van der Waals surface area contributed by atoms with Gasteiger partial charge in [0.15, 0.2) is 6.10 Å². The largest absolute Gasteiger partial charge is 0.463 e. The molecule has 38 heavy (non-hydrogen) atoms. The zero-order valence-electron chi connectivity index (χ0n) is 21.7. The van der Waals surface area contributed by atoms with Crippen LogP contribution in [0.15, 0.2) is 24.3 Å². The van der Waals surface area contributed by atoms with E-state index >= 15 is 0 Å². The lowest BCUT2D eigenvalue weighted by molar-refractivity contribution is -0.261. The topological polar surface area (TPSA) is 154 Å². The highest BCUT2D eigenvalue weighted by atomic mass is 16.7. The molecule has 0 aromatic carbocycles. The van der Waals surface area contributed by atoms with E-state index in [4.69, 9.17) is 28.4 Å². The Bertz CT molecular complexity index is 1100. The zero-order valence-corrected chi connectivity index (χ0v) is 21.7. The van der Waals surface area contributed by atoms with E-state index in [1.54, 1.807) is 6.92 Å². The third-order valence-electron chi connectivity index (χ3n) is 10.1. The van der Waals surface area contributed by atoms with Crippen LogP contribution in [0.4, 0.5) is 0 Å². The Morgan fingerprint density at radius 2 is 1.66 bits per heavy atom. The third kappa shape index (κ3) is 3.48. The number of aliphatic hydroxyl groups is 2. The summed E-state index contributed by atoms with van der Waals surface area (Å²) in [6, 6.07) is 0. The van der Waals surface area contributed by atoms with Gasteiger partial charge in [0, 0.05) is 24.0 Å². The molecule has 5 fully saturated rings. The van der Waals surface area contributed by atoms with Crippen molar-refractivity contribution in [2.45, 2.75) is 87.9 Å². The van der Waals surface area contributed by atoms with Gasteiger partial charge in [0.1, 0.15) is 30.0 Å². The van der Waals surface area contributed by atoms with Gasteiger partial charge in [0.25, 0.3) is 0 Å². The SMILES string of the molecule is C[C@@H]1CCOC(=O)/C=C\C=C/C(=O)O[C@@H]2C[C@H]3O[C@H]4[C@H]5O[C@]5(C)[C@@H](O)C[C@@]4(COC(=O)[C@@H]1O)[C@@]2(C)[C@@]31CO1. The van der Waals surface area contributed by atoms with Gasteiger partial charge in [-0.3, -0.25) is 0 Å². The molecule has 0 aromatic heterocycles. The fourth-order valence-electron chi connectivity index (χ4n) is 7.38. The summed E-state index contributed by atoms with van der Waals surface area (Å²) in [5.74, 6) is -2.60. The van der Waals surface area contributed by atoms with Crippen molar-refractivity contribution in [3.05, 3.63) is 24.3 Å². The first-order chi connectivity index (χ1) is 18.0. The number of allylic oxidation sites excluding steroid dienone is 2. The number of fused-ring (bicyclic) bond motifs is 2. The van der Waals surface area contributed by atoms with Gasteiger partial charge in [-0.25, -0.2) is 14.4 Å². The van der Waals surface area contributed by atoms with Crippen molar-refractivity contribution < 1.29 is 53.0 Å². The van der Waals surface area contributed by atoms with Crippen molar-refractivity contribution in [1.29, 1.82) is 0 Å². The Labute approximate surface area is 220 Å². The first kappa shape index (κ1) is 25.9. The number of hydrogen-bond acceptors (Lipinski definition) is 11. The Hall–Kier alpha value is -2.31. The lowest BCUT2D eigenvalue weighted by atomic mass is 9.49. The normalized spacial score (nSPS) is 53.8. The number of carbonyl (C=O) groups is 3. The first-order valence-electron chi connectivity index (χ1n) is 13.2. The average Bonchev–Trinajstić information content (AvgIpc) is 3.78. The highest BCUT2D eigenvalue weighted by Gasteiger charge is 2.87. The predicted molar refractivity (Wildman–Crippen MR) is 126 cm³/mol. The highest BCUT2D eigenvalue weighted by molar-refractivity contribution is 5.84. The maximum atomic E-state index is 13.0. The van der Waals surface area contributed by atoms with E-state index < -0.39 is 76.4 Å². The molecule has 2 bridgehead atoms. The summed E-state index contributed by atoms with van der Waals surface area (Å²) in [6.45, 7) is 5.64. The summed E-state index contributed by atoms with van der Waals surface area (Å²) >= 11 is 0. The molecule has 6 aliphatic rings. The van der Waals surface area contributed by atoms with Gasteiger partial charge in [0.2, 0.25) is 0 Å². The van der Waals surface area contributed by atoms with Crippen LogP contribution in [0.5, 0.6) is 0 Å². The van der Waals surface area contributed by atoms with Crippen molar-refractivity contribution >= 4 is 17.9 Å². The van der Waals surface area contributed by atoms with E-state index in [1.807, 2.05) is 13.8 Å². The fourth-order valence-corrected chi connectivity index (χ4v) is 7.38. The Morgan fingerprint density at radius 1 is 0.947 bits per heavy atom. The molecule has 2 spiro atoms. The van der Waals surface area contributed by atoms with Crippen LogP contribution in [0.25, 0.3) is 0 Å². The van der Waals surface area contributed by atoms with Crippen molar-refractivity contribution in [2.75, 3.05) is 19.8 Å². The number of epoxide rings is 2. The Kier molecular flexibility index (Phi) is 5.87. The second-order valence-corrected chi connectivity index (χ2v) is 11.9. The summed E-state index contributed by atoms with van der Waals surface area (Å²) in [7, 11) is 0. The quantitative estimate of drug-likeness (QED) is 0.251. The molecule has 208 valence electrons. The molecule has 11 nitrogen and oxygen atoms in total. The number of aliphatic hydroxyl groups excluding tert-OH is 2. The van der Waals surface area contributed by atoms with Crippen LogP contribution < -0.4 is 0 Å². The summed E-state index contributed by atoms with van der Waals surface area (Å²) in [5, 5.41) is 21.9. The molecule has 11 heteroatoms. The van der Waals surface area contributed by atoms with Crippen LogP contribution in [-0.2, 0) is 42.8 Å². The summed E-state index contributed by atoms with van der Waals surface area (Å²) in [6.07, 6.45) is 1.58. The van der Waals surface area contributed by atoms with E-state index in [2.05, 4.69) is 0 Å². The van der Waals surface area contributed by atoms with Crippen LogP contribution in [0.3, 0.4) is 0 Å². The number of esters is 3. The van der Waals surface area contributed by atoms with Crippen LogP contribution in [0.1, 0.15) is 40.0 Å². The van der Waals surface area contributed by atoms with E-state index in [0.717, 1.165) is 0 Å². The van der Waals surface area contributed by atoms with Crippen LogP contribution in [0.2, 0.25) is 0 Å². The van der Waals surface area contributed by atoms with Crippen molar-refractivity contribution in [3.8, 4) is 0 Å². The number of hydrogen-bond donors (Lipinski definition) is 2. The second kappa shape index (κ2) is 8.59. The molecule has 0 amide bonds. The van der Waals surface area contributed by atoms with Crippen molar-refractivity contribution in [2.24, 2.45) is 16.7 Å². The number of carbonyl (C=O) groups excluding carboxylic acids is 3. The monoisotopic (exact) mass is 534 g/mol. The average molecular weight is 535 g/mol. The maximum Gasteiger partial charge on any atom is 0.335 e. The lowest BCUT2D eigenvalue weighted by Crippen LogP contribution is -2.71. The van der Waals surface area contributed by atoms with Gasteiger partial charge in [-0.1, -0.05) is 26.0 Å². The van der Waals surface area contributed by atoms with Crippen molar-refractivity contribution in [3.63, 3.8) is 0 Å². The number of rotatable bonds is 0. The summed E-state index contributed by atoms with van der Waals surface area (Å²) in [5.41, 5.74) is -3.47. The molecule has 0 radical (unpaired) electrons. The van der Waals surface area contributed by atoms with E-state index in [-0.39, 0.29) is 32.2 Å². The predicted octanol–water partition coefficient (Wildman–Crippen LogP) is 0.353. The minimum absolute atomic E-state index is 0.00885. The molecule has 3 saturated heterocycles. The van der Waals surface area contributed by atoms with Crippen molar-refractivity contribution in [1.82, 2.24) is 0 Å². The summed E-state index contributed by atoms with van der Waals surface area (Å²) in [4.78, 5) is 37.8. The molecule has 11 atom stereocenters. The molecule has 0 unspecified atom stereocenters. The number of ether oxygens (including phenoxy) is 6. The van der Waals surface area contributed by atoms with Gasteiger partial charge in [-0.15, -0.1) is 0 Å². The first-order valence-corrected chi connectivity index (χ1v) is 13.2. The van der Waals surface area contributed by atoms with Gasteiger partial charge in [-0.2, -0.15) is 0 Å². The maximum absolute atomic E-state index is 13.0. The van der Waals surface area contributed by atoms with Crippen LogP contribution >= 0.6 is 0 Å². The smallest absolute Gasteiger partial charge is 0.335 e.